The molecule has 0 heterocycles. The average Bonchev–Trinajstić information content (AvgIpc) is 2.23. The van der Waals surface area contributed by atoms with E-state index in [1.165, 1.54) is 12.8 Å². The molecule has 2 heteroatoms. The molecule has 0 radical (unpaired) electrons. The molecule has 1 aromatic carbocycles. The van der Waals surface area contributed by atoms with Gasteiger partial charge < -0.3 is 5.73 Å². The van der Waals surface area contributed by atoms with Gasteiger partial charge in [-0.05, 0) is 31.4 Å². The standard InChI is InChI=1S/C13H18FN/c1-9-6-7-12(14)11(8-9)10-4-2-3-5-13(10)15/h6-8,10,13H,2-5,15H2,1H3/t10-,13+/m0/s1. The van der Waals surface area contributed by atoms with E-state index in [-0.39, 0.29) is 17.8 Å². The number of benzene rings is 1. The van der Waals surface area contributed by atoms with Gasteiger partial charge in [-0.1, -0.05) is 30.5 Å². The topological polar surface area (TPSA) is 26.0 Å². The fraction of sp³-hybridized carbons (Fsp3) is 0.538. The van der Waals surface area contributed by atoms with Crippen LogP contribution in [0.1, 0.15) is 42.7 Å². The summed E-state index contributed by atoms with van der Waals surface area (Å²) in [6, 6.07) is 5.46. The zero-order valence-electron chi connectivity index (χ0n) is 9.17. The van der Waals surface area contributed by atoms with Crippen LogP contribution in [0.15, 0.2) is 18.2 Å². The molecular weight excluding hydrogens is 189 g/mol. The van der Waals surface area contributed by atoms with Gasteiger partial charge in [0.1, 0.15) is 5.82 Å². The van der Waals surface area contributed by atoms with Crippen molar-refractivity contribution in [3.8, 4) is 0 Å². The van der Waals surface area contributed by atoms with Crippen molar-refractivity contribution in [3.63, 3.8) is 0 Å². The van der Waals surface area contributed by atoms with Gasteiger partial charge in [0.05, 0.1) is 0 Å². The Labute approximate surface area is 90.5 Å². The lowest BCUT2D eigenvalue weighted by molar-refractivity contribution is 0.376. The molecule has 0 spiro atoms. The summed E-state index contributed by atoms with van der Waals surface area (Å²) in [4.78, 5) is 0. The van der Waals surface area contributed by atoms with Crippen molar-refractivity contribution in [2.75, 3.05) is 0 Å². The summed E-state index contributed by atoms with van der Waals surface area (Å²) in [7, 11) is 0. The van der Waals surface area contributed by atoms with E-state index < -0.39 is 0 Å². The third-order valence-electron chi connectivity index (χ3n) is 3.37. The Morgan fingerprint density at radius 1 is 1.27 bits per heavy atom. The molecule has 2 rings (SSSR count). The van der Waals surface area contributed by atoms with E-state index in [9.17, 15) is 4.39 Å². The van der Waals surface area contributed by atoms with Gasteiger partial charge in [0.15, 0.2) is 0 Å². The smallest absolute Gasteiger partial charge is 0.126 e. The molecule has 0 aromatic heterocycles. The minimum Gasteiger partial charge on any atom is -0.327 e. The zero-order chi connectivity index (χ0) is 10.8. The van der Waals surface area contributed by atoms with E-state index in [1.807, 2.05) is 19.1 Å². The third kappa shape index (κ3) is 2.20. The molecular formula is C13H18FN. The van der Waals surface area contributed by atoms with Crippen LogP contribution in [-0.2, 0) is 0 Å². The molecule has 1 aliphatic carbocycles. The summed E-state index contributed by atoms with van der Waals surface area (Å²) < 4.78 is 13.7. The molecule has 1 aromatic rings. The first-order chi connectivity index (χ1) is 7.18. The summed E-state index contributed by atoms with van der Waals surface area (Å²) in [5, 5.41) is 0. The Hall–Kier alpha value is -0.890. The van der Waals surface area contributed by atoms with Crippen molar-refractivity contribution in [2.24, 2.45) is 5.73 Å². The SMILES string of the molecule is Cc1ccc(F)c([C@@H]2CCCC[C@H]2N)c1. The highest BCUT2D eigenvalue weighted by molar-refractivity contribution is 5.28. The van der Waals surface area contributed by atoms with E-state index in [0.29, 0.717) is 0 Å². The summed E-state index contributed by atoms with van der Waals surface area (Å²) in [5.41, 5.74) is 8.00. The first-order valence-corrected chi connectivity index (χ1v) is 5.70. The molecule has 1 nitrogen and oxygen atoms in total. The Bertz CT molecular complexity index is 348. The van der Waals surface area contributed by atoms with Crippen molar-refractivity contribution in [1.29, 1.82) is 0 Å². The lowest BCUT2D eigenvalue weighted by Crippen LogP contribution is -2.31. The van der Waals surface area contributed by atoms with Crippen LogP contribution in [-0.4, -0.2) is 6.04 Å². The normalized spacial score (nSPS) is 26.6. The Morgan fingerprint density at radius 3 is 2.73 bits per heavy atom. The van der Waals surface area contributed by atoms with Gasteiger partial charge in [0.25, 0.3) is 0 Å². The van der Waals surface area contributed by atoms with Gasteiger partial charge in [-0.15, -0.1) is 0 Å². The number of halogens is 1. The van der Waals surface area contributed by atoms with Crippen molar-refractivity contribution >= 4 is 0 Å². The van der Waals surface area contributed by atoms with E-state index in [2.05, 4.69) is 0 Å². The summed E-state index contributed by atoms with van der Waals surface area (Å²) in [5.74, 6) is 0.126. The second kappa shape index (κ2) is 4.31. The highest BCUT2D eigenvalue weighted by Crippen LogP contribution is 2.33. The van der Waals surface area contributed by atoms with Crippen molar-refractivity contribution in [3.05, 3.63) is 35.1 Å². The lowest BCUT2D eigenvalue weighted by atomic mass is 9.80. The fourth-order valence-electron chi connectivity index (χ4n) is 2.49. The van der Waals surface area contributed by atoms with E-state index in [1.54, 1.807) is 6.07 Å². The lowest BCUT2D eigenvalue weighted by Gasteiger charge is -2.29. The molecule has 82 valence electrons. The molecule has 0 bridgehead atoms. The monoisotopic (exact) mass is 207 g/mol. The van der Waals surface area contributed by atoms with Crippen molar-refractivity contribution in [2.45, 2.75) is 44.6 Å². The number of aryl methyl sites for hydroxylation is 1. The van der Waals surface area contributed by atoms with Crippen LogP contribution in [0.3, 0.4) is 0 Å². The number of hydrogen-bond acceptors (Lipinski definition) is 1. The maximum absolute atomic E-state index is 13.7. The van der Waals surface area contributed by atoms with E-state index >= 15 is 0 Å². The quantitative estimate of drug-likeness (QED) is 0.752. The Balaban J connectivity index is 2.30. The van der Waals surface area contributed by atoms with Gasteiger partial charge in [0, 0.05) is 12.0 Å². The van der Waals surface area contributed by atoms with Crippen LogP contribution in [0, 0.1) is 12.7 Å². The van der Waals surface area contributed by atoms with Crippen molar-refractivity contribution < 1.29 is 4.39 Å². The van der Waals surface area contributed by atoms with E-state index in [4.69, 9.17) is 5.73 Å². The molecule has 2 atom stereocenters. The van der Waals surface area contributed by atoms with E-state index in [0.717, 1.165) is 24.0 Å². The first-order valence-electron chi connectivity index (χ1n) is 5.70. The Morgan fingerprint density at radius 2 is 2.00 bits per heavy atom. The zero-order valence-corrected chi connectivity index (χ0v) is 9.17. The summed E-state index contributed by atoms with van der Waals surface area (Å²) in [6.45, 7) is 2.00. The van der Waals surface area contributed by atoms with Crippen LogP contribution in [0.5, 0.6) is 0 Å². The number of nitrogens with two attached hydrogens (primary N) is 1. The predicted molar refractivity (Wildman–Crippen MR) is 60.3 cm³/mol. The van der Waals surface area contributed by atoms with Crippen molar-refractivity contribution in [1.82, 2.24) is 0 Å². The van der Waals surface area contributed by atoms with Crippen LogP contribution >= 0.6 is 0 Å². The average molecular weight is 207 g/mol. The summed E-state index contributed by atoms with van der Waals surface area (Å²) in [6.07, 6.45) is 4.41. The molecule has 0 saturated heterocycles. The highest BCUT2D eigenvalue weighted by atomic mass is 19.1. The van der Waals surface area contributed by atoms with Gasteiger partial charge in [-0.25, -0.2) is 4.39 Å². The molecule has 0 unspecified atom stereocenters. The number of rotatable bonds is 1. The van der Waals surface area contributed by atoms with Crippen LogP contribution < -0.4 is 5.73 Å². The molecule has 0 aliphatic heterocycles. The number of hydrogen-bond donors (Lipinski definition) is 1. The second-order valence-corrected chi connectivity index (χ2v) is 4.58. The fourth-order valence-corrected chi connectivity index (χ4v) is 2.49. The predicted octanol–water partition coefficient (Wildman–Crippen LogP) is 3.12. The van der Waals surface area contributed by atoms with Gasteiger partial charge in [0.2, 0.25) is 0 Å². The minimum atomic E-state index is -0.0945. The molecule has 1 saturated carbocycles. The van der Waals surface area contributed by atoms with Gasteiger partial charge in [-0.3, -0.25) is 0 Å². The highest BCUT2D eigenvalue weighted by Gasteiger charge is 2.25. The van der Waals surface area contributed by atoms with Gasteiger partial charge >= 0.3 is 0 Å². The third-order valence-corrected chi connectivity index (χ3v) is 3.37. The maximum Gasteiger partial charge on any atom is 0.126 e. The molecule has 0 amide bonds. The van der Waals surface area contributed by atoms with Gasteiger partial charge in [-0.2, -0.15) is 0 Å². The maximum atomic E-state index is 13.7. The molecule has 2 N–H and O–H groups in total. The molecule has 1 fully saturated rings. The molecule has 15 heavy (non-hydrogen) atoms. The van der Waals surface area contributed by atoms with Crippen LogP contribution in [0.2, 0.25) is 0 Å². The second-order valence-electron chi connectivity index (χ2n) is 4.58. The first kappa shape index (κ1) is 10.6. The Kier molecular flexibility index (Phi) is 3.06. The minimum absolute atomic E-state index is 0.0945. The molecule has 1 aliphatic rings. The largest absolute Gasteiger partial charge is 0.327 e. The van der Waals surface area contributed by atoms with Crippen LogP contribution in [0.4, 0.5) is 4.39 Å². The van der Waals surface area contributed by atoms with Crippen LogP contribution in [0.25, 0.3) is 0 Å². The summed E-state index contributed by atoms with van der Waals surface area (Å²) >= 11 is 0.